The van der Waals surface area contributed by atoms with Crippen molar-refractivity contribution in [2.75, 3.05) is 44.7 Å². The van der Waals surface area contributed by atoms with Crippen molar-refractivity contribution in [1.29, 1.82) is 0 Å². The first kappa shape index (κ1) is 21.4. The van der Waals surface area contributed by atoms with Crippen molar-refractivity contribution < 1.29 is 19.1 Å². The molecule has 0 aliphatic carbocycles. The first-order valence-corrected chi connectivity index (χ1v) is 10.9. The Morgan fingerprint density at radius 1 is 1.00 bits per heavy atom. The smallest absolute Gasteiger partial charge is 0.415 e. The van der Waals surface area contributed by atoms with Crippen LogP contribution in [-0.2, 0) is 4.74 Å². The summed E-state index contributed by atoms with van der Waals surface area (Å²) in [4.78, 5) is 31.3. The SMILES string of the molecule is CC1CN(C(=O)OC(C)(C)C)c2cc(OC(=O)N3CCN(C)CC3)c3ccccc3c21. The fourth-order valence-electron chi connectivity index (χ4n) is 4.28. The van der Waals surface area contributed by atoms with Gasteiger partial charge in [-0.25, -0.2) is 9.59 Å². The zero-order valence-corrected chi connectivity index (χ0v) is 19.0. The highest BCUT2D eigenvalue weighted by atomic mass is 16.6. The summed E-state index contributed by atoms with van der Waals surface area (Å²) in [7, 11) is 2.04. The second-order valence-corrected chi connectivity index (χ2v) is 9.50. The third-order valence-electron chi connectivity index (χ3n) is 5.84. The van der Waals surface area contributed by atoms with E-state index in [1.165, 1.54) is 0 Å². The Hall–Kier alpha value is -2.80. The minimum absolute atomic E-state index is 0.148. The van der Waals surface area contributed by atoms with Crippen LogP contribution in [0.2, 0.25) is 0 Å². The van der Waals surface area contributed by atoms with E-state index in [0.717, 1.165) is 35.1 Å². The summed E-state index contributed by atoms with van der Waals surface area (Å²) in [6, 6.07) is 9.71. The van der Waals surface area contributed by atoms with Gasteiger partial charge in [0.2, 0.25) is 0 Å². The van der Waals surface area contributed by atoms with Crippen LogP contribution in [-0.4, -0.2) is 67.4 Å². The molecule has 1 unspecified atom stereocenters. The average Bonchev–Trinajstić information content (AvgIpc) is 3.04. The van der Waals surface area contributed by atoms with Gasteiger partial charge in [0, 0.05) is 50.1 Å². The van der Waals surface area contributed by atoms with Gasteiger partial charge in [-0.15, -0.1) is 0 Å². The minimum atomic E-state index is -0.587. The van der Waals surface area contributed by atoms with Crippen LogP contribution in [0.25, 0.3) is 10.8 Å². The van der Waals surface area contributed by atoms with E-state index < -0.39 is 5.60 Å². The van der Waals surface area contributed by atoms with Gasteiger partial charge >= 0.3 is 12.2 Å². The highest BCUT2D eigenvalue weighted by Crippen LogP contribution is 2.45. The lowest BCUT2D eigenvalue weighted by molar-refractivity contribution is 0.0582. The molecule has 1 saturated heterocycles. The third-order valence-corrected chi connectivity index (χ3v) is 5.84. The number of carbonyl (C=O) groups excluding carboxylic acids is 2. The van der Waals surface area contributed by atoms with Crippen molar-refractivity contribution in [2.24, 2.45) is 0 Å². The van der Waals surface area contributed by atoms with Gasteiger partial charge in [-0.05, 0) is 38.8 Å². The molecule has 0 bridgehead atoms. The van der Waals surface area contributed by atoms with Crippen LogP contribution in [0.3, 0.4) is 0 Å². The molecule has 0 radical (unpaired) electrons. The Labute approximate surface area is 183 Å². The summed E-state index contributed by atoms with van der Waals surface area (Å²) in [6.45, 7) is 11.1. The van der Waals surface area contributed by atoms with Gasteiger partial charge in [0.25, 0.3) is 0 Å². The summed E-state index contributed by atoms with van der Waals surface area (Å²) >= 11 is 0. The normalized spacial score (nSPS) is 19.5. The van der Waals surface area contributed by atoms with E-state index in [1.807, 2.05) is 58.2 Å². The predicted octanol–water partition coefficient (Wildman–Crippen LogP) is 4.44. The number of rotatable bonds is 1. The van der Waals surface area contributed by atoms with Gasteiger partial charge in [0.05, 0.1) is 5.69 Å². The number of ether oxygens (including phenoxy) is 2. The summed E-state index contributed by atoms with van der Waals surface area (Å²) in [5, 5.41) is 1.88. The topological polar surface area (TPSA) is 62.3 Å². The lowest BCUT2D eigenvalue weighted by Crippen LogP contribution is -2.48. The number of amides is 2. The molecular formula is C24H31N3O4. The summed E-state index contributed by atoms with van der Waals surface area (Å²) in [5.74, 6) is 0.621. The Morgan fingerprint density at radius 3 is 2.29 bits per heavy atom. The third kappa shape index (κ3) is 4.32. The molecule has 7 heteroatoms. The minimum Gasteiger partial charge on any atom is -0.443 e. The average molecular weight is 426 g/mol. The summed E-state index contributed by atoms with van der Waals surface area (Å²) in [6.07, 6.45) is -0.738. The van der Waals surface area contributed by atoms with Crippen molar-refractivity contribution in [1.82, 2.24) is 9.80 Å². The number of nitrogens with zero attached hydrogens (tertiary/aromatic N) is 3. The number of benzene rings is 2. The lowest BCUT2D eigenvalue weighted by Gasteiger charge is -2.31. The molecule has 4 rings (SSSR count). The van der Waals surface area contributed by atoms with Gasteiger partial charge < -0.3 is 19.3 Å². The summed E-state index contributed by atoms with van der Waals surface area (Å²) < 4.78 is 11.5. The fraction of sp³-hybridized carbons (Fsp3) is 0.500. The molecule has 31 heavy (non-hydrogen) atoms. The maximum absolute atomic E-state index is 12.9. The van der Waals surface area contributed by atoms with Crippen LogP contribution in [0, 0.1) is 0 Å². The first-order valence-electron chi connectivity index (χ1n) is 10.9. The molecule has 166 valence electrons. The van der Waals surface area contributed by atoms with Crippen LogP contribution in [0.15, 0.2) is 30.3 Å². The molecule has 0 aromatic heterocycles. The van der Waals surface area contributed by atoms with Gasteiger partial charge in [-0.1, -0.05) is 31.2 Å². The number of carbonyl (C=O) groups is 2. The number of fused-ring (bicyclic) bond motifs is 3. The highest BCUT2D eigenvalue weighted by molar-refractivity contribution is 6.02. The van der Waals surface area contributed by atoms with Crippen LogP contribution < -0.4 is 9.64 Å². The number of hydrogen-bond donors (Lipinski definition) is 0. The predicted molar refractivity (Wildman–Crippen MR) is 121 cm³/mol. The second-order valence-electron chi connectivity index (χ2n) is 9.50. The van der Waals surface area contributed by atoms with Gasteiger partial charge in [-0.2, -0.15) is 0 Å². The van der Waals surface area contributed by atoms with E-state index >= 15 is 0 Å². The molecule has 2 amide bonds. The second kappa shape index (κ2) is 8.04. The van der Waals surface area contributed by atoms with E-state index in [1.54, 1.807) is 9.80 Å². The molecule has 2 aromatic carbocycles. The molecule has 7 nitrogen and oxygen atoms in total. The van der Waals surface area contributed by atoms with E-state index in [9.17, 15) is 9.59 Å². The molecule has 2 heterocycles. The van der Waals surface area contributed by atoms with Crippen molar-refractivity contribution in [3.63, 3.8) is 0 Å². The van der Waals surface area contributed by atoms with E-state index in [0.29, 0.717) is 25.4 Å². The Kier molecular flexibility index (Phi) is 5.56. The zero-order chi connectivity index (χ0) is 22.3. The van der Waals surface area contributed by atoms with E-state index in [-0.39, 0.29) is 18.1 Å². The standard InChI is InChI=1S/C24H31N3O4/c1-16-15-27(23(29)31-24(2,3)4)19-14-20(17-8-6-7-9-18(17)21(16)19)30-22(28)26-12-10-25(5)11-13-26/h6-9,14,16H,10-13,15H2,1-5H3. The Morgan fingerprint density at radius 2 is 1.65 bits per heavy atom. The zero-order valence-electron chi connectivity index (χ0n) is 19.0. The monoisotopic (exact) mass is 425 g/mol. The molecule has 2 aliphatic rings. The fourth-order valence-corrected chi connectivity index (χ4v) is 4.28. The quantitative estimate of drug-likeness (QED) is 0.676. The van der Waals surface area contributed by atoms with Crippen LogP contribution >= 0.6 is 0 Å². The lowest BCUT2D eigenvalue weighted by atomic mass is 9.95. The molecule has 1 atom stereocenters. The molecule has 2 aliphatic heterocycles. The molecule has 0 N–H and O–H groups in total. The van der Waals surface area contributed by atoms with E-state index in [4.69, 9.17) is 9.47 Å². The molecule has 0 spiro atoms. The van der Waals surface area contributed by atoms with Gasteiger partial charge in [-0.3, -0.25) is 4.90 Å². The van der Waals surface area contributed by atoms with Crippen LogP contribution in [0.1, 0.15) is 39.2 Å². The van der Waals surface area contributed by atoms with E-state index in [2.05, 4.69) is 11.8 Å². The maximum atomic E-state index is 12.9. The Balaban J connectivity index is 1.70. The first-order chi connectivity index (χ1) is 14.6. The number of hydrogen-bond acceptors (Lipinski definition) is 5. The summed E-state index contributed by atoms with van der Waals surface area (Å²) in [5.41, 5.74) is 1.25. The van der Waals surface area contributed by atoms with Crippen LogP contribution in [0.4, 0.5) is 15.3 Å². The van der Waals surface area contributed by atoms with Gasteiger partial charge in [0.15, 0.2) is 0 Å². The highest BCUT2D eigenvalue weighted by Gasteiger charge is 2.35. The Bertz CT molecular complexity index is 1010. The largest absolute Gasteiger partial charge is 0.443 e. The molecule has 0 saturated carbocycles. The number of likely N-dealkylation sites (N-methyl/N-ethyl adjacent to an activating group) is 1. The molecule has 1 fully saturated rings. The van der Waals surface area contributed by atoms with Crippen LogP contribution in [0.5, 0.6) is 5.75 Å². The van der Waals surface area contributed by atoms with Crippen molar-refractivity contribution in [2.45, 2.75) is 39.2 Å². The van der Waals surface area contributed by atoms with Crippen molar-refractivity contribution in [3.05, 3.63) is 35.9 Å². The van der Waals surface area contributed by atoms with Gasteiger partial charge in [0.1, 0.15) is 11.4 Å². The van der Waals surface area contributed by atoms with Crippen molar-refractivity contribution in [3.8, 4) is 5.75 Å². The molecule has 2 aromatic rings. The number of piperazine rings is 1. The van der Waals surface area contributed by atoms with Crippen molar-refractivity contribution >= 4 is 28.6 Å². The molecular weight excluding hydrogens is 394 g/mol. The number of anilines is 1. The maximum Gasteiger partial charge on any atom is 0.415 e.